The van der Waals surface area contributed by atoms with Gasteiger partial charge in [-0.1, -0.05) is 18.5 Å². The number of halogens is 1. The van der Waals surface area contributed by atoms with Gasteiger partial charge < -0.3 is 10.6 Å². The Balaban J connectivity index is 2.05. The first kappa shape index (κ1) is 15.3. The van der Waals surface area contributed by atoms with Gasteiger partial charge in [-0.2, -0.15) is 0 Å². The molecule has 2 N–H and O–H groups in total. The number of benzene rings is 1. The van der Waals surface area contributed by atoms with E-state index in [1.807, 2.05) is 26.0 Å². The highest BCUT2D eigenvalue weighted by Gasteiger charge is 2.08. The van der Waals surface area contributed by atoms with Crippen LogP contribution in [0.2, 0.25) is 5.02 Å². The number of carbonyl (C=O) groups excluding carboxylic acids is 1. The molecule has 0 aliphatic rings. The molecule has 0 fully saturated rings. The van der Waals surface area contributed by atoms with E-state index in [0.717, 1.165) is 12.1 Å². The number of amides is 1. The van der Waals surface area contributed by atoms with E-state index in [4.69, 9.17) is 11.6 Å². The Kier molecular flexibility index (Phi) is 5.11. The Labute approximate surface area is 128 Å². The number of nitrogens with one attached hydrogen (secondary N) is 2. The molecule has 0 aliphatic carbocycles. The summed E-state index contributed by atoms with van der Waals surface area (Å²) in [5.74, 6) is 0.458. The lowest BCUT2D eigenvalue weighted by Gasteiger charge is -2.12. The van der Waals surface area contributed by atoms with Crippen molar-refractivity contribution in [3.05, 3.63) is 47.4 Å². The molecule has 0 saturated carbocycles. The number of nitrogens with zero attached hydrogens (tertiary/aromatic N) is 2. The predicted octanol–water partition coefficient (Wildman–Crippen LogP) is 3.40. The lowest BCUT2D eigenvalue weighted by molar-refractivity contribution is 0.0939. The lowest BCUT2D eigenvalue weighted by Crippen LogP contribution is -2.31. The molecule has 21 heavy (non-hydrogen) atoms. The summed E-state index contributed by atoms with van der Waals surface area (Å²) in [7, 11) is 0. The summed E-state index contributed by atoms with van der Waals surface area (Å²) in [6, 6.07) is 7.30. The minimum absolute atomic E-state index is 0.0732. The van der Waals surface area contributed by atoms with Crippen LogP contribution in [0.4, 0.5) is 11.5 Å². The molecule has 1 aromatic heterocycles. The van der Waals surface area contributed by atoms with E-state index in [1.165, 1.54) is 12.5 Å². The van der Waals surface area contributed by atoms with Crippen LogP contribution in [-0.4, -0.2) is 21.9 Å². The molecule has 5 nitrogen and oxygen atoms in total. The van der Waals surface area contributed by atoms with Crippen molar-refractivity contribution in [1.82, 2.24) is 15.3 Å². The van der Waals surface area contributed by atoms with E-state index in [0.29, 0.717) is 16.4 Å². The summed E-state index contributed by atoms with van der Waals surface area (Å²) in [5, 5.41) is 6.44. The minimum Gasteiger partial charge on any atom is -0.350 e. The molecular weight excluding hydrogens is 288 g/mol. The molecule has 1 atom stereocenters. The largest absolute Gasteiger partial charge is 0.350 e. The standard InChI is InChI=1S/C15H17ClN4O/c1-3-10(2)19-15(21)11-4-6-12(7-5-11)20-14-13(16)8-17-9-18-14/h4-10H,3H2,1-2H3,(H,19,21)(H,17,18,20). The van der Waals surface area contributed by atoms with Crippen LogP contribution in [-0.2, 0) is 0 Å². The number of hydrogen-bond donors (Lipinski definition) is 2. The van der Waals surface area contributed by atoms with Crippen molar-refractivity contribution in [3.63, 3.8) is 0 Å². The zero-order chi connectivity index (χ0) is 15.2. The van der Waals surface area contributed by atoms with Gasteiger partial charge in [0.05, 0.1) is 6.20 Å². The van der Waals surface area contributed by atoms with Crippen molar-refractivity contribution in [1.29, 1.82) is 0 Å². The molecule has 1 aromatic carbocycles. The highest BCUT2D eigenvalue weighted by atomic mass is 35.5. The second kappa shape index (κ2) is 7.04. The van der Waals surface area contributed by atoms with Gasteiger partial charge in [0.2, 0.25) is 0 Å². The monoisotopic (exact) mass is 304 g/mol. The van der Waals surface area contributed by atoms with E-state index in [1.54, 1.807) is 12.1 Å². The highest BCUT2D eigenvalue weighted by Crippen LogP contribution is 2.21. The van der Waals surface area contributed by atoms with Crippen LogP contribution in [0.15, 0.2) is 36.8 Å². The Morgan fingerprint density at radius 3 is 2.67 bits per heavy atom. The second-order valence-electron chi connectivity index (χ2n) is 4.70. The van der Waals surface area contributed by atoms with Gasteiger partial charge in [0.15, 0.2) is 5.82 Å². The summed E-state index contributed by atoms with van der Waals surface area (Å²) < 4.78 is 0. The molecule has 1 heterocycles. The fourth-order valence-electron chi connectivity index (χ4n) is 1.66. The van der Waals surface area contributed by atoms with Gasteiger partial charge in [-0.3, -0.25) is 4.79 Å². The molecule has 1 unspecified atom stereocenters. The third-order valence-electron chi connectivity index (χ3n) is 3.07. The molecule has 0 spiro atoms. The van der Waals surface area contributed by atoms with Crippen molar-refractivity contribution in [2.75, 3.05) is 5.32 Å². The van der Waals surface area contributed by atoms with Gasteiger partial charge >= 0.3 is 0 Å². The number of aromatic nitrogens is 2. The Hall–Kier alpha value is -2.14. The van der Waals surface area contributed by atoms with Crippen molar-refractivity contribution in [2.45, 2.75) is 26.3 Å². The zero-order valence-corrected chi connectivity index (χ0v) is 12.7. The fraction of sp³-hybridized carbons (Fsp3) is 0.267. The van der Waals surface area contributed by atoms with Crippen LogP contribution in [0.5, 0.6) is 0 Å². The summed E-state index contributed by atoms with van der Waals surface area (Å²) in [5.41, 5.74) is 1.42. The summed E-state index contributed by atoms with van der Waals surface area (Å²) in [6.45, 7) is 4.01. The van der Waals surface area contributed by atoms with Crippen LogP contribution in [0, 0.1) is 0 Å². The smallest absolute Gasteiger partial charge is 0.251 e. The van der Waals surface area contributed by atoms with Crippen molar-refractivity contribution >= 4 is 29.0 Å². The maximum absolute atomic E-state index is 12.0. The van der Waals surface area contributed by atoms with E-state index >= 15 is 0 Å². The van der Waals surface area contributed by atoms with Crippen molar-refractivity contribution in [3.8, 4) is 0 Å². The normalized spacial score (nSPS) is 11.8. The van der Waals surface area contributed by atoms with Gasteiger partial charge in [0.25, 0.3) is 5.91 Å². The molecule has 0 saturated heterocycles. The van der Waals surface area contributed by atoms with E-state index in [9.17, 15) is 4.79 Å². The first-order chi connectivity index (χ1) is 10.1. The molecule has 2 aromatic rings. The number of rotatable bonds is 5. The molecule has 1 amide bonds. The molecular formula is C15H17ClN4O. The van der Waals surface area contributed by atoms with Crippen LogP contribution >= 0.6 is 11.6 Å². The Morgan fingerprint density at radius 1 is 1.33 bits per heavy atom. The van der Waals surface area contributed by atoms with Crippen LogP contribution in [0.3, 0.4) is 0 Å². The average Bonchev–Trinajstić information content (AvgIpc) is 2.50. The minimum atomic E-state index is -0.0732. The molecule has 0 bridgehead atoms. The number of hydrogen-bond acceptors (Lipinski definition) is 4. The molecule has 2 rings (SSSR count). The maximum Gasteiger partial charge on any atom is 0.251 e. The summed E-state index contributed by atoms with van der Waals surface area (Å²) in [4.78, 5) is 19.8. The molecule has 110 valence electrons. The van der Waals surface area contributed by atoms with Gasteiger partial charge in [-0.15, -0.1) is 0 Å². The first-order valence-corrected chi connectivity index (χ1v) is 7.11. The summed E-state index contributed by atoms with van der Waals surface area (Å²) >= 11 is 5.98. The maximum atomic E-state index is 12.0. The topological polar surface area (TPSA) is 66.9 Å². The van der Waals surface area contributed by atoms with E-state index < -0.39 is 0 Å². The molecule has 0 radical (unpaired) electrons. The quantitative estimate of drug-likeness (QED) is 0.888. The van der Waals surface area contributed by atoms with E-state index in [2.05, 4.69) is 20.6 Å². The fourth-order valence-corrected chi connectivity index (χ4v) is 1.81. The van der Waals surface area contributed by atoms with Crippen molar-refractivity contribution < 1.29 is 4.79 Å². The van der Waals surface area contributed by atoms with Crippen molar-refractivity contribution in [2.24, 2.45) is 0 Å². The molecule has 6 heteroatoms. The predicted molar refractivity (Wildman–Crippen MR) is 84.0 cm³/mol. The Morgan fingerprint density at radius 2 is 2.05 bits per heavy atom. The summed E-state index contributed by atoms with van der Waals surface area (Å²) in [6.07, 6.45) is 3.84. The van der Waals surface area contributed by atoms with Crippen LogP contribution in [0.25, 0.3) is 0 Å². The van der Waals surface area contributed by atoms with Gasteiger partial charge in [0.1, 0.15) is 11.3 Å². The van der Waals surface area contributed by atoms with Crippen LogP contribution < -0.4 is 10.6 Å². The molecule has 0 aliphatic heterocycles. The average molecular weight is 305 g/mol. The number of carbonyl (C=O) groups is 1. The Bertz CT molecular complexity index is 615. The van der Waals surface area contributed by atoms with Gasteiger partial charge in [0, 0.05) is 17.3 Å². The lowest BCUT2D eigenvalue weighted by atomic mass is 10.1. The first-order valence-electron chi connectivity index (χ1n) is 6.73. The highest BCUT2D eigenvalue weighted by molar-refractivity contribution is 6.32. The van der Waals surface area contributed by atoms with Gasteiger partial charge in [-0.05, 0) is 37.6 Å². The number of anilines is 2. The van der Waals surface area contributed by atoms with Gasteiger partial charge in [-0.25, -0.2) is 9.97 Å². The third kappa shape index (κ3) is 4.16. The van der Waals surface area contributed by atoms with Crippen LogP contribution in [0.1, 0.15) is 30.6 Å². The van der Waals surface area contributed by atoms with E-state index in [-0.39, 0.29) is 11.9 Å². The second-order valence-corrected chi connectivity index (χ2v) is 5.11. The SMILES string of the molecule is CCC(C)NC(=O)c1ccc(Nc2ncncc2Cl)cc1. The zero-order valence-electron chi connectivity index (χ0n) is 11.9. The third-order valence-corrected chi connectivity index (χ3v) is 3.34.